The summed E-state index contributed by atoms with van der Waals surface area (Å²) in [6, 6.07) is 0.285. The van der Waals surface area contributed by atoms with Crippen molar-refractivity contribution in [1.82, 2.24) is 14.7 Å². The van der Waals surface area contributed by atoms with Crippen LogP contribution in [-0.2, 0) is 21.2 Å². The van der Waals surface area contributed by atoms with Crippen molar-refractivity contribution in [2.45, 2.75) is 31.2 Å². The van der Waals surface area contributed by atoms with Gasteiger partial charge in [-0.3, -0.25) is 4.79 Å². The molecule has 2 heterocycles. The number of thiophene rings is 1. The van der Waals surface area contributed by atoms with Gasteiger partial charge >= 0.3 is 5.97 Å². The molecule has 0 fully saturated rings. The number of aliphatic carboxylic acids is 1. The van der Waals surface area contributed by atoms with E-state index in [0.717, 1.165) is 4.88 Å². The van der Waals surface area contributed by atoms with Crippen LogP contribution >= 0.6 is 11.3 Å². The lowest BCUT2D eigenvalue weighted by Gasteiger charge is -2.13. The predicted octanol–water partition coefficient (Wildman–Crippen LogP) is 1.06. The van der Waals surface area contributed by atoms with E-state index in [0.29, 0.717) is 10.6 Å². The van der Waals surface area contributed by atoms with Crippen LogP contribution in [0.1, 0.15) is 15.4 Å². The summed E-state index contributed by atoms with van der Waals surface area (Å²) in [5.41, 5.74) is 0.545. The smallest absolute Gasteiger partial charge is 0.322 e. The first kappa shape index (κ1) is 15.7. The lowest BCUT2D eigenvalue weighted by atomic mass is 10.2. The summed E-state index contributed by atoms with van der Waals surface area (Å²) >= 11 is 1.35. The predicted molar refractivity (Wildman–Crippen MR) is 77.8 cm³/mol. The number of carbonyl (C=O) groups is 1. The van der Waals surface area contributed by atoms with Crippen LogP contribution in [0.4, 0.5) is 0 Å². The van der Waals surface area contributed by atoms with Gasteiger partial charge in [-0.15, -0.1) is 11.3 Å². The molecule has 0 aliphatic rings. The minimum atomic E-state index is -3.87. The number of hydrogen-bond donors (Lipinski definition) is 3. The van der Waals surface area contributed by atoms with Crippen LogP contribution in [-0.4, -0.2) is 35.5 Å². The molecule has 3 N–H and O–H groups in total. The summed E-state index contributed by atoms with van der Waals surface area (Å²) in [6.45, 7) is 3.49. The molecular formula is C12H15N3O4S2. The molecule has 0 amide bonds. The second kappa shape index (κ2) is 5.96. The SMILES string of the molecule is Cc1cc(S(=O)(=O)N[C@@H](Cc2cnc[nH]2)C(=O)O)c(C)s1. The van der Waals surface area contributed by atoms with Crippen LogP contribution in [0, 0.1) is 13.8 Å². The van der Waals surface area contributed by atoms with Crippen LogP contribution in [0.5, 0.6) is 0 Å². The number of hydrogen-bond acceptors (Lipinski definition) is 5. The second-order valence-corrected chi connectivity index (χ2v) is 7.71. The highest BCUT2D eigenvalue weighted by atomic mass is 32.2. The zero-order chi connectivity index (χ0) is 15.6. The molecule has 2 aromatic rings. The first-order valence-electron chi connectivity index (χ1n) is 6.09. The summed E-state index contributed by atoms with van der Waals surface area (Å²) in [7, 11) is -3.87. The molecule has 9 heteroatoms. The topological polar surface area (TPSA) is 112 Å². The molecule has 1 atom stereocenters. The maximum Gasteiger partial charge on any atom is 0.322 e. The standard InChI is InChI=1S/C12H15N3O4S2/c1-7-3-11(8(2)20-7)21(18,19)15-10(12(16)17)4-9-5-13-6-14-9/h3,5-6,10,15H,4H2,1-2H3,(H,13,14)(H,16,17)/t10-/m0/s1. The number of aromatic amines is 1. The number of nitrogens with one attached hydrogen (secondary N) is 2. The molecule has 0 bridgehead atoms. The molecule has 0 aliphatic carbocycles. The molecule has 21 heavy (non-hydrogen) atoms. The van der Waals surface area contributed by atoms with Crippen LogP contribution < -0.4 is 4.72 Å². The number of imidazole rings is 1. The Balaban J connectivity index is 2.23. The van der Waals surface area contributed by atoms with Crippen molar-refractivity contribution >= 4 is 27.3 Å². The normalized spacial score (nSPS) is 13.2. The molecule has 0 saturated heterocycles. The molecule has 0 radical (unpaired) electrons. The number of H-pyrrole nitrogens is 1. The highest BCUT2D eigenvalue weighted by molar-refractivity contribution is 7.89. The van der Waals surface area contributed by atoms with Gasteiger partial charge in [-0.2, -0.15) is 4.72 Å². The van der Waals surface area contributed by atoms with Crippen LogP contribution in [0.15, 0.2) is 23.5 Å². The first-order valence-corrected chi connectivity index (χ1v) is 8.39. The van der Waals surface area contributed by atoms with Gasteiger partial charge in [0, 0.05) is 28.1 Å². The third kappa shape index (κ3) is 3.69. The fourth-order valence-electron chi connectivity index (χ4n) is 1.92. The molecule has 0 unspecified atom stereocenters. The van der Waals surface area contributed by atoms with Crippen molar-refractivity contribution in [1.29, 1.82) is 0 Å². The zero-order valence-electron chi connectivity index (χ0n) is 11.5. The van der Waals surface area contributed by atoms with Crippen LogP contribution in [0.25, 0.3) is 0 Å². The highest BCUT2D eigenvalue weighted by Crippen LogP contribution is 2.25. The van der Waals surface area contributed by atoms with Gasteiger partial charge in [0.2, 0.25) is 10.0 Å². The number of rotatable bonds is 6. The van der Waals surface area contributed by atoms with Gasteiger partial charge in [0.05, 0.1) is 11.2 Å². The summed E-state index contributed by atoms with van der Waals surface area (Å²) in [6.07, 6.45) is 2.87. The average Bonchev–Trinajstić information content (AvgIpc) is 2.98. The van der Waals surface area contributed by atoms with Crippen LogP contribution in [0.2, 0.25) is 0 Å². The number of nitrogens with zero attached hydrogens (tertiary/aromatic N) is 1. The molecular weight excluding hydrogens is 314 g/mol. The Bertz CT molecular complexity index is 735. The van der Waals surface area contributed by atoms with Gasteiger partial charge in [0.1, 0.15) is 6.04 Å². The Labute approximate surface area is 126 Å². The Morgan fingerprint density at radius 1 is 1.52 bits per heavy atom. The maximum atomic E-state index is 12.3. The molecule has 114 valence electrons. The number of carboxylic acid groups (broad SMARTS) is 1. The fourth-order valence-corrected chi connectivity index (χ4v) is 4.66. The van der Waals surface area contributed by atoms with E-state index in [1.807, 2.05) is 0 Å². The van der Waals surface area contributed by atoms with Gasteiger partial charge in [0.25, 0.3) is 0 Å². The molecule has 2 rings (SSSR count). The Kier molecular flexibility index (Phi) is 4.45. The van der Waals surface area contributed by atoms with E-state index in [4.69, 9.17) is 0 Å². The lowest BCUT2D eigenvalue weighted by molar-refractivity contribution is -0.138. The number of aryl methyl sites for hydroxylation is 2. The number of aromatic nitrogens is 2. The number of sulfonamides is 1. The summed E-state index contributed by atoms with van der Waals surface area (Å²) < 4.78 is 26.9. The molecule has 2 aromatic heterocycles. The molecule has 0 aromatic carbocycles. The maximum absolute atomic E-state index is 12.3. The van der Waals surface area contributed by atoms with Crippen molar-refractivity contribution in [3.05, 3.63) is 34.0 Å². The fraction of sp³-hybridized carbons (Fsp3) is 0.333. The lowest BCUT2D eigenvalue weighted by Crippen LogP contribution is -2.42. The van der Waals surface area contributed by atoms with E-state index >= 15 is 0 Å². The average molecular weight is 329 g/mol. The second-order valence-electron chi connectivity index (χ2n) is 4.57. The van der Waals surface area contributed by atoms with Gasteiger partial charge in [-0.25, -0.2) is 13.4 Å². The van der Waals surface area contributed by atoms with E-state index in [9.17, 15) is 18.3 Å². The van der Waals surface area contributed by atoms with Crippen molar-refractivity contribution < 1.29 is 18.3 Å². The van der Waals surface area contributed by atoms with Gasteiger partial charge < -0.3 is 10.1 Å². The van der Waals surface area contributed by atoms with Crippen molar-refractivity contribution in [3.63, 3.8) is 0 Å². The largest absolute Gasteiger partial charge is 0.480 e. The van der Waals surface area contributed by atoms with E-state index in [-0.39, 0.29) is 11.3 Å². The van der Waals surface area contributed by atoms with Crippen LogP contribution in [0.3, 0.4) is 0 Å². The van der Waals surface area contributed by atoms with E-state index in [2.05, 4.69) is 14.7 Å². The Hall–Kier alpha value is -1.71. The van der Waals surface area contributed by atoms with Gasteiger partial charge in [-0.05, 0) is 19.9 Å². The molecule has 0 saturated carbocycles. The third-order valence-corrected chi connectivity index (χ3v) is 5.55. The zero-order valence-corrected chi connectivity index (χ0v) is 13.1. The van der Waals surface area contributed by atoms with Crippen molar-refractivity contribution in [2.24, 2.45) is 0 Å². The summed E-state index contributed by atoms with van der Waals surface area (Å²) in [5.74, 6) is -1.24. The van der Waals surface area contributed by atoms with E-state index < -0.39 is 22.0 Å². The first-order chi connectivity index (χ1) is 9.79. The van der Waals surface area contributed by atoms with Gasteiger partial charge in [0.15, 0.2) is 0 Å². The molecule has 7 nitrogen and oxygen atoms in total. The molecule has 0 aliphatic heterocycles. The minimum absolute atomic E-state index is 0.00324. The quantitative estimate of drug-likeness (QED) is 0.733. The van der Waals surface area contributed by atoms with Gasteiger partial charge in [-0.1, -0.05) is 0 Å². The minimum Gasteiger partial charge on any atom is -0.480 e. The van der Waals surface area contributed by atoms with Crippen molar-refractivity contribution in [2.75, 3.05) is 0 Å². The Morgan fingerprint density at radius 2 is 2.24 bits per heavy atom. The third-order valence-electron chi connectivity index (χ3n) is 2.86. The Morgan fingerprint density at radius 3 is 2.71 bits per heavy atom. The monoisotopic (exact) mass is 329 g/mol. The van der Waals surface area contributed by atoms with Crippen molar-refractivity contribution in [3.8, 4) is 0 Å². The summed E-state index contributed by atoms with van der Waals surface area (Å²) in [4.78, 5) is 19.4. The van der Waals surface area contributed by atoms with E-state index in [1.165, 1.54) is 29.9 Å². The molecule has 0 spiro atoms. The summed E-state index contributed by atoms with van der Waals surface area (Å²) in [5, 5.41) is 9.20. The highest BCUT2D eigenvalue weighted by Gasteiger charge is 2.27. The number of carboxylic acids is 1. The van der Waals surface area contributed by atoms with E-state index in [1.54, 1.807) is 13.8 Å².